The number of hydrogen-bond acceptors (Lipinski definition) is 3. The lowest BCUT2D eigenvalue weighted by Gasteiger charge is -2.08. The van der Waals surface area contributed by atoms with Crippen molar-refractivity contribution in [1.82, 2.24) is 14.8 Å². The van der Waals surface area contributed by atoms with E-state index in [1.807, 2.05) is 11.6 Å². The van der Waals surface area contributed by atoms with Crippen molar-refractivity contribution < 1.29 is 0 Å². The van der Waals surface area contributed by atoms with Gasteiger partial charge in [0, 0.05) is 6.42 Å². The summed E-state index contributed by atoms with van der Waals surface area (Å²) in [6.45, 7) is 6.87. The summed E-state index contributed by atoms with van der Waals surface area (Å²) in [4.78, 5) is 4.41. The molecule has 1 aromatic heterocycles. The zero-order valence-corrected chi connectivity index (χ0v) is 11.2. The monoisotopic (exact) mass is 244 g/mol. The fourth-order valence-electron chi connectivity index (χ4n) is 1.96. The van der Waals surface area contributed by atoms with Gasteiger partial charge >= 0.3 is 0 Å². The lowest BCUT2D eigenvalue weighted by atomic mass is 10.0. The summed E-state index contributed by atoms with van der Waals surface area (Å²) in [6, 6.07) is 8.46. The van der Waals surface area contributed by atoms with Crippen LogP contribution in [0.3, 0.4) is 0 Å². The van der Waals surface area contributed by atoms with Crippen LogP contribution in [0.4, 0.5) is 0 Å². The van der Waals surface area contributed by atoms with Gasteiger partial charge in [-0.2, -0.15) is 5.10 Å². The molecule has 0 aliphatic carbocycles. The summed E-state index contributed by atoms with van der Waals surface area (Å²) in [7, 11) is 0. The number of benzene rings is 1. The summed E-state index contributed by atoms with van der Waals surface area (Å²) in [5.74, 6) is 2.25. The number of aryl methyl sites for hydroxylation is 1. The van der Waals surface area contributed by atoms with Crippen molar-refractivity contribution >= 4 is 0 Å². The topological polar surface area (TPSA) is 56.7 Å². The van der Waals surface area contributed by atoms with Gasteiger partial charge < -0.3 is 5.73 Å². The first kappa shape index (κ1) is 12.8. The van der Waals surface area contributed by atoms with E-state index in [9.17, 15) is 0 Å². The lowest BCUT2D eigenvalue weighted by Crippen LogP contribution is -2.09. The molecule has 0 fully saturated rings. The number of nitrogens with two attached hydrogens (primary N) is 1. The largest absolute Gasteiger partial charge is 0.330 e. The van der Waals surface area contributed by atoms with Crippen LogP contribution >= 0.6 is 0 Å². The quantitative estimate of drug-likeness (QED) is 0.897. The summed E-state index contributed by atoms with van der Waals surface area (Å²) in [5.41, 5.74) is 7.97. The maximum Gasteiger partial charge on any atom is 0.148 e. The number of aromatic nitrogens is 3. The average molecular weight is 244 g/mol. The fourth-order valence-corrected chi connectivity index (χ4v) is 1.96. The molecule has 0 spiro atoms. The van der Waals surface area contributed by atoms with Gasteiger partial charge in [0.05, 0.1) is 5.69 Å². The van der Waals surface area contributed by atoms with Crippen LogP contribution in [-0.4, -0.2) is 21.3 Å². The smallest absolute Gasteiger partial charge is 0.148 e. The predicted molar refractivity (Wildman–Crippen MR) is 72.9 cm³/mol. The van der Waals surface area contributed by atoms with Crippen LogP contribution in [0.25, 0.3) is 5.69 Å². The molecule has 0 radical (unpaired) electrons. The normalized spacial score (nSPS) is 11.2. The highest BCUT2D eigenvalue weighted by molar-refractivity contribution is 5.35. The molecule has 1 heterocycles. The standard InChI is InChI=1S/C14H20N4/c1-10(2)12-4-6-13(7-5-12)18-14(8-9-15)16-11(3)17-18/h4-7,10H,8-9,15H2,1-3H3. The Hall–Kier alpha value is -1.68. The minimum absolute atomic E-state index is 0.542. The summed E-state index contributed by atoms with van der Waals surface area (Å²) < 4.78 is 1.88. The van der Waals surface area contributed by atoms with Crippen LogP contribution in [0, 0.1) is 6.92 Å². The van der Waals surface area contributed by atoms with Gasteiger partial charge in [-0.3, -0.25) is 0 Å². The molecule has 0 saturated heterocycles. The Morgan fingerprint density at radius 3 is 2.44 bits per heavy atom. The molecular weight excluding hydrogens is 224 g/mol. The van der Waals surface area contributed by atoms with Crippen LogP contribution in [0.2, 0.25) is 0 Å². The van der Waals surface area contributed by atoms with Crippen molar-refractivity contribution in [2.24, 2.45) is 5.73 Å². The second kappa shape index (κ2) is 5.31. The second-order valence-electron chi connectivity index (χ2n) is 4.77. The van der Waals surface area contributed by atoms with Gasteiger partial charge in [-0.1, -0.05) is 26.0 Å². The van der Waals surface area contributed by atoms with E-state index in [2.05, 4.69) is 48.2 Å². The van der Waals surface area contributed by atoms with E-state index in [1.165, 1.54) is 5.56 Å². The molecule has 4 heteroatoms. The maximum atomic E-state index is 5.60. The van der Waals surface area contributed by atoms with Gasteiger partial charge in [-0.05, 0) is 37.1 Å². The highest BCUT2D eigenvalue weighted by atomic mass is 15.3. The van der Waals surface area contributed by atoms with Crippen molar-refractivity contribution in [3.8, 4) is 5.69 Å². The predicted octanol–water partition coefficient (Wildman–Crippen LogP) is 2.20. The molecule has 0 saturated carbocycles. The van der Waals surface area contributed by atoms with Crippen molar-refractivity contribution in [3.63, 3.8) is 0 Å². The average Bonchev–Trinajstić information content (AvgIpc) is 2.71. The molecule has 18 heavy (non-hydrogen) atoms. The van der Waals surface area contributed by atoms with Crippen LogP contribution in [-0.2, 0) is 6.42 Å². The zero-order chi connectivity index (χ0) is 13.1. The molecule has 0 aliphatic heterocycles. The van der Waals surface area contributed by atoms with Gasteiger partial charge in [0.25, 0.3) is 0 Å². The molecule has 0 atom stereocenters. The van der Waals surface area contributed by atoms with Gasteiger partial charge in [0.2, 0.25) is 0 Å². The fraction of sp³-hybridized carbons (Fsp3) is 0.429. The molecule has 0 amide bonds. The third-order valence-corrected chi connectivity index (χ3v) is 2.95. The van der Waals surface area contributed by atoms with Gasteiger partial charge in [0.15, 0.2) is 0 Å². The third-order valence-electron chi connectivity index (χ3n) is 2.95. The zero-order valence-electron chi connectivity index (χ0n) is 11.2. The van der Waals surface area contributed by atoms with Crippen molar-refractivity contribution in [2.45, 2.75) is 33.1 Å². The Morgan fingerprint density at radius 2 is 1.89 bits per heavy atom. The molecule has 0 bridgehead atoms. The molecule has 2 rings (SSSR count). The number of hydrogen-bond donors (Lipinski definition) is 1. The molecule has 0 aliphatic rings. The molecule has 1 aromatic carbocycles. The van der Waals surface area contributed by atoms with E-state index in [0.717, 1.165) is 23.8 Å². The molecule has 4 nitrogen and oxygen atoms in total. The number of nitrogens with zero attached hydrogens (tertiary/aromatic N) is 3. The summed E-state index contributed by atoms with van der Waals surface area (Å²) >= 11 is 0. The van der Waals surface area contributed by atoms with Crippen LogP contribution < -0.4 is 5.73 Å². The molecule has 96 valence electrons. The van der Waals surface area contributed by atoms with E-state index < -0.39 is 0 Å². The van der Waals surface area contributed by atoms with E-state index in [1.54, 1.807) is 0 Å². The van der Waals surface area contributed by atoms with E-state index in [4.69, 9.17) is 5.73 Å². The summed E-state index contributed by atoms with van der Waals surface area (Å²) in [5, 5.41) is 4.42. The molecular formula is C14H20N4. The number of rotatable bonds is 4. The van der Waals surface area contributed by atoms with Crippen molar-refractivity contribution in [3.05, 3.63) is 41.5 Å². The van der Waals surface area contributed by atoms with Crippen LogP contribution in [0.5, 0.6) is 0 Å². The minimum atomic E-state index is 0.542. The Bertz CT molecular complexity index is 511. The third kappa shape index (κ3) is 2.59. The van der Waals surface area contributed by atoms with Gasteiger partial charge in [-0.25, -0.2) is 9.67 Å². The maximum absolute atomic E-state index is 5.60. The van der Waals surface area contributed by atoms with Crippen molar-refractivity contribution in [2.75, 3.05) is 6.54 Å². The highest BCUT2D eigenvalue weighted by Gasteiger charge is 2.08. The Morgan fingerprint density at radius 1 is 1.22 bits per heavy atom. The Kier molecular flexibility index (Phi) is 3.77. The SMILES string of the molecule is Cc1nc(CCN)n(-c2ccc(C(C)C)cc2)n1. The second-order valence-corrected chi connectivity index (χ2v) is 4.77. The van der Waals surface area contributed by atoms with Crippen LogP contribution in [0.15, 0.2) is 24.3 Å². The Balaban J connectivity index is 2.35. The first-order valence-electron chi connectivity index (χ1n) is 6.34. The highest BCUT2D eigenvalue weighted by Crippen LogP contribution is 2.17. The first-order chi connectivity index (χ1) is 8.61. The van der Waals surface area contributed by atoms with Gasteiger partial charge in [-0.15, -0.1) is 0 Å². The van der Waals surface area contributed by atoms with E-state index in [-0.39, 0.29) is 0 Å². The van der Waals surface area contributed by atoms with E-state index in [0.29, 0.717) is 12.5 Å². The van der Waals surface area contributed by atoms with E-state index >= 15 is 0 Å². The Labute approximate surface area is 108 Å². The molecule has 2 aromatic rings. The minimum Gasteiger partial charge on any atom is -0.330 e. The van der Waals surface area contributed by atoms with Gasteiger partial charge in [0.1, 0.15) is 11.6 Å². The first-order valence-corrected chi connectivity index (χ1v) is 6.34. The molecule has 2 N–H and O–H groups in total. The summed E-state index contributed by atoms with van der Waals surface area (Å²) in [6.07, 6.45) is 0.743. The van der Waals surface area contributed by atoms with Crippen LogP contribution in [0.1, 0.15) is 37.0 Å². The molecule has 0 unspecified atom stereocenters. The van der Waals surface area contributed by atoms with Crippen molar-refractivity contribution in [1.29, 1.82) is 0 Å². The lowest BCUT2D eigenvalue weighted by molar-refractivity contribution is 0.772.